The molecule has 0 amide bonds. The summed E-state index contributed by atoms with van der Waals surface area (Å²) in [4.78, 5) is 22.0. The van der Waals surface area contributed by atoms with Crippen LogP contribution in [0.2, 0.25) is 0 Å². The number of nitrogens with zero attached hydrogens (tertiary/aromatic N) is 5. The number of hydrogen-bond acceptors (Lipinski definition) is 5. The van der Waals surface area contributed by atoms with Crippen molar-refractivity contribution >= 4 is 27.6 Å². The maximum Gasteiger partial charge on any atom is 0.138 e. The maximum absolute atomic E-state index is 4.72. The van der Waals surface area contributed by atoms with Gasteiger partial charge in [-0.05, 0) is 55.8 Å². The van der Waals surface area contributed by atoms with Crippen molar-refractivity contribution in [1.29, 1.82) is 0 Å². The van der Waals surface area contributed by atoms with E-state index < -0.39 is 0 Å². The number of H-pyrrole nitrogens is 1. The SMILES string of the molecule is CC(C)N1CCN(c2ccc(-c3cnc4[nH]c5cnc(-c6cccnc6)cc5c4c3)cc2)CC1. The molecule has 1 saturated heterocycles. The van der Waals surface area contributed by atoms with Gasteiger partial charge in [0.25, 0.3) is 0 Å². The van der Waals surface area contributed by atoms with Crippen molar-refractivity contribution in [3.63, 3.8) is 0 Å². The van der Waals surface area contributed by atoms with E-state index in [2.05, 4.69) is 75.0 Å². The lowest BCUT2D eigenvalue weighted by Crippen LogP contribution is -2.48. The van der Waals surface area contributed by atoms with Crippen LogP contribution in [0.4, 0.5) is 5.69 Å². The molecule has 1 N–H and O–H groups in total. The Labute approximate surface area is 199 Å². The Kier molecular flexibility index (Phi) is 5.23. The van der Waals surface area contributed by atoms with Gasteiger partial charge in [0.2, 0.25) is 0 Å². The minimum atomic E-state index is 0.618. The summed E-state index contributed by atoms with van der Waals surface area (Å²) in [5.74, 6) is 0. The van der Waals surface area contributed by atoms with Gasteiger partial charge in [-0.25, -0.2) is 4.98 Å². The molecule has 1 aliphatic heterocycles. The Bertz CT molecular complexity index is 1430. The molecule has 5 aromatic rings. The molecule has 0 atom stereocenters. The van der Waals surface area contributed by atoms with Gasteiger partial charge >= 0.3 is 0 Å². The first-order chi connectivity index (χ1) is 16.7. The average Bonchev–Trinajstić information content (AvgIpc) is 3.26. The molecule has 6 nitrogen and oxygen atoms in total. The van der Waals surface area contributed by atoms with Gasteiger partial charge in [-0.3, -0.25) is 14.9 Å². The number of aromatic amines is 1. The van der Waals surface area contributed by atoms with E-state index in [-0.39, 0.29) is 0 Å². The first-order valence-electron chi connectivity index (χ1n) is 11.9. The fourth-order valence-corrected chi connectivity index (χ4v) is 4.87. The molecular formula is C28H28N6. The molecule has 34 heavy (non-hydrogen) atoms. The maximum atomic E-state index is 4.72. The lowest BCUT2D eigenvalue weighted by atomic mass is 10.0. The second-order valence-electron chi connectivity index (χ2n) is 9.27. The molecule has 6 rings (SSSR count). The molecule has 0 saturated carbocycles. The van der Waals surface area contributed by atoms with Crippen LogP contribution in [0.1, 0.15) is 13.8 Å². The van der Waals surface area contributed by atoms with Crippen LogP contribution < -0.4 is 4.90 Å². The van der Waals surface area contributed by atoms with Gasteiger partial charge in [-0.2, -0.15) is 0 Å². The van der Waals surface area contributed by atoms with Gasteiger partial charge < -0.3 is 9.88 Å². The quantitative estimate of drug-likeness (QED) is 0.400. The third kappa shape index (κ3) is 3.80. The van der Waals surface area contributed by atoms with E-state index in [0.717, 1.165) is 64.9 Å². The van der Waals surface area contributed by atoms with E-state index in [0.29, 0.717) is 6.04 Å². The summed E-state index contributed by atoms with van der Waals surface area (Å²) >= 11 is 0. The van der Waals surface area contributed by atoms with Crippen molar-refractivity contribution in [2.75, 3.05) is 31.1 Å². The molecule has 170 valence electrons. The zero-order valence-electron chi connectivity index (χ0n) is 19.6. The van der Waals surface area contributed by atoms with Crippen LogP contribution in [0.3, 0.4) is 0 Å². The Morgan fingerprint density at radius 3 is 2.35 bits per heavy atom. The Hall–Kier alpha value is -3.77. The second-order valence-corrected chi connectivity index (χ2v) is 9.27. The predicted octanol–water partition coefficient (Wildman–Crippen LogP) is 5.37. The van der Waals surface area contributed by atoms with Crippen molar-refractivity contribution in [3.8, 4) is 22.4 Å². The third-order valence-corrected chi connectivity index (χ3v) is 6.90. The first kappa shape index (κ1) is 20.8. The zero-order chi connectivity index (χ0) is 23.1. The molecule has 0 unspecified atom stereocenters. The van der Waals surface area contributed by atoms with Crippen LogP contribution in [-0.2, 0) is 0 Å². The fourth-order valence-electron chi connectivity index (χ4n) is 4.87. The van der Waals surface area contributed by atoms with E-state index in [1.165, 1.54) is 11.3 Å². The van der Waals surface area contributed by atoms with Gasteiger partial charge in [0.15, 0.2) is 0 Å². The van der Waals surface area contributed by atoms with Crippen LogP contribution in [0, 0.1) is 0 Å². The number of rotatable bonds is 4. The summed E-state index contributed by atoms with van der Waals surface area (Å²) < 4.78 is 0. The van der Waals surface area contributed by atoms with Gasteiger partial charge in [0.1, 0.15) is 5.65 Å². The number of pyridine rings is 3. The van der Waals surface area contributed by atoms with Gasteiger partial charge in [-0.1, -0.05) is 12.1 Å². The van der Waals surface area contributed by atoms with Crippen molar-refractivity contribution in [2.45, 2.75) is 19.9 Å². The highest BCUT2D eigenvalue weighted by Crippen LogP contribution is 2.31. The summed E-state index contributed by atoms with van der Waals surface area (Å²) in [6.07, 6.45) is 7.45. The monoisotopic (exact) mass is 448 g/mol. The standard InChI is InChI=1S/C28H28N6/c1-19(2)33-10-12-34(13-11-33)23-7-5-20(6-8-23)22-14-25-24-15-26(21-4-3-9-29-16-21)30-18-27(24)32-28(25)31-17-22/h3-9,14-19H,10-13H2,1-2H3,(H,31,32). The fraction of sp³-hybridized carbons (Fsp3) is 0.250. The summed E-state index contributed by atoms with van der Waals surface area (Å²) in [5.41, 5.74) is 7.37. The van der Waals surface area contributed by atoms with Crippen molar-refractivity contribution < 1.29 is 0 Å². The molecule has 1 aromatic carbocycles. The van der Waals surface area contributed by atoms with E-state index in [1.807, 2.05) is 30.7 Å². The predicted molar refractivity (Wildman–Crippen MR) is 139 cm³/mol. The van der Waals surface area contributed by atoms with Crippen LogP contribution >= 0.6 is 0 Å². The summed E-state index contributed by atoms with van der Waals surface area (Å²) in [6.45, 7) is 8.95. The van der Waals surface area contributed by atoms with Crippen molar-refractivity contribution in [3.05, 3.63) is 73.3 Å². The largest absolute Gasteiger partial charge is 0.369 e. The second kappa shape index (κ2) is 8.54. The van der Waals surface area contributed by atoms with E-state index in [9.17, 15) is 0 Å². The number of nitrogens with one attached hydrogen (secondary N) is 1. The van der Waals surface area contributed by atoms with Gasteiger partial charge in [0, 0.05) is 78.4 Å². The lowest BCUT2D eigenvalue weighted by Gasteiger charge is -2.38. The van der Waals surface area contributed by atoms with E-state index in [1.54, 1.807) is 6.20 Å². The molecule has 0 spiro atoms. The Morgan fingerprint density at radius 1 is 0.794 bits per heavy atom. The Balaban J connectivity index is 1.30. The molecule has 5 heterocycles. The lowest BCUT2D eigenvalue weighted by molar-refractivity contribution is 0.209. The molecule has 0 radical (unpaired) electrons. The van der Waals surface area contributed by atoms with Crippen molar-refractivity contribution in [1.82, 2.24) is 24.8 Å². The highest BCUT2D eigenvalue weighted by molar-refractivity contribution is 6.07. The van der Waals surface area contributed by atoms with E-state index >= 15 is 0 Å². The number of hydrogen-bond donors (Lipinski definition) is 1. The number of benzene rings is 1. The molecule has 0 aliphatic carbocycles. The molecular weight excluding hydrogens is 420 g/mol. The number of piperazine rings is 1. The smallest absolute Gasteiger partial charge is 0.138 e. The molecule has 1 aliphatic rings. The molecule has 6 heteroatoms. The summed E-state index contributed by atoms with van der Waals surface area (Å²) in [7, 11) is 0. The topological polar surface area (TPSA) is 60.9 Å². The first-order valence-corrected chi connectivity index (χ1v) is 11.9. The summed E-state index contributed by atoms with van der Waals surface area (Å²) in [6, 6.07) is 17.8. The minimum absolute atomic E-state index is 0.618. The van der Waals surface area contributed by atoms with Crippen LogP contribution in [0.15, 0.2) is 73.3 Å². The van der Waals surface area contributed by atoms with Gasteiger partial charge in [-0.15, -0.1) is 0 Å². The van der Waals surface area contributed by atoms with Crippen LogP contribution in [0.25, 0.3) is 44.3 Å². The average molecular weight is 449 g/mol. The highest BCUT2D eigenvalue weighted by atomic mass is 15.3. The molecule has 1 fully saturated rings. The number of aromatic nitrogens is 4. The normalized spacial score (nSPS) is 15.0. The minimum Gasteiger partial charge on any atom is -0.369 e. The summed E-state index contributed by atoms with van der Waals surface area (Å²) in [5, 5.41) is 2.23. The van der Waals surface area contributed by atoms with E-state index in [4.69, 9.17) is 4.98 Å². The highest BCUT2D eigenvalue weighted by Gasteiger charge is 2.19. The van der Waals surface area contributed by atoms with Gasteiger partial charge in [0.05, 0.1) is 17.4 Å². The van der Waals surface area contributed by atoms with Crippen molar-refractivity contribution in [2.24, 2.45) is 0 Å². The number of anilines is 1. The number of fused-ring (bicyclic) bond motifs is 3. The van der Waals surface area contributed by atoms with Crippen LogP contribution in [0.5, 0.6) is 0 Å². The Morgan fingerprint density at radius 2 is 1.62 bits per heavy atom. The third-order valence-electron chi connectivity index (χ3n) is 6.90. The zero-order valence-corrected chi connectivity index (χ0v) is 19.6. The molecule has 0 bridgehead atoms. The van der Waals surface area contributed by atoms with Crippen LogP contribution in [-0.4, -0.2) is 57.1 Å². The molecule has 4 aromatic heterocycles.